The summed E-state index contributed by atoms with van der Waals surface area (Å²) < 4.78 is 0. The summed E-state index contributed by atoms with van der Waals surface area (Å²) >= 11 is 1.48. The Bertz CT molecular complexity index is 1310. The van der Waals surface area contributed by atoms with Gasteiger partial charge < -0.3 is 15.3 Å². The zero-order valence-corrected chi connectivity index (χ0v) is 19.8. The van der Waals surface area contributed by atoms with Crippen molar-refractivity contribution in [1.29, 1.82) is 10.7 Å². The molecule has 172 valence electrons. The number of rotatable bonds is 4. The molecule has 0 bridgehead atoms. The lowest BCUT2D eigenvalue weighted by Crippen LogP contribution is -2.77. The maximum absolute atomic E-state index is 13.5. The van der Waals surface area contributed by atoms with Crippen LogP contribution >= 0.6 is 11.3 Å². The van der Waals surface area contributed by atoms with E-state index in [0.29, 0.717) is 18.7 Å². The van der Waals surface area contributed by atoms with Crippen molar-refractivity contribution >= 4 is 28.9 Å². The van der Waals surface area contributed by atoms with E-state index in [1.54, 1.807) is 13.1 Å². The molecule has 0 unspecified atom stereocenters. The fraction of sp³-hybridized carbons (Fsp3) is 0.269. The van der Waals surface area contributed by atoms with Gasteiger partial charge in [-0.1, -0.05) is 30.3 Å². The van der Waals surface area contributed by atoms with Crippen LogP contribution in [0.25, 0.3) is 11.1 Å². The molecule has 0 radical (unpaired) electrons. The third-order valence-electron chi connectivity index (χ3n) is 6.89. The average molecular weight is 472 g/mol. The second-order valence-corrected chi connectivity index (χ2v) is 10.1. The lowest BCUT2D eigenvalue weighted by Gasteiger charge is -2.57. The first-order valence-electron chi connectivity index (χ1n) is 11.0. The molecular formula is C26H25N5O2S. The summed E-state index contributed by atoms with van der Waals surface area (Å²) in [5, 5.41) is 34.5. The SMILES string of the molecule is CN1C(=N)N[C@](C)(c2cc(-c3cccc(C#N)c3)cs2)[C@H](C2(O)CN(c3ccccc3)C2)C1=O. The molecule has 3 heterocycles. The van der Waals surface area contributed by atoms with Gasteiger partial charge in [0.15, 0.2) is 5.96 Å². The van der Waals surface area contributed by atoms with E-state index in [2.05, 4.69) is 16.3 Å². The van der Waals surface area contributed by atoms with Crippen LogP contribution < -0.4 is 10.2 Å². The number of nitriles is 1. The molecule has 3 aromatic rings. The smallest absolute Gasteiger partial charge is 0.237 e. The van der Waals surface area contributed by atoms with E-state index in [-0.39, 0.29) is 11.9 Å². The maximum Gasteiger partial charge on any atom is 0.237 e. The third-order valence-corrected chi connectivity index (χ3v) is 8.06. The molecule has 8 heteroatoms. The van der Waals surface area contributed by atoms with Crippen molar-refractivity contribution in [3.63, 3.8) is 0 Å². The highest BCUT2D eigenvalue weighted by Gasteiger charge is 2.61. The Morgan fingerprint density at radius 1 is 1.15 bits per heavy atom. The molecule has 2 aromatic carbocycles. The number of para-hydroxylation sites is 1. The molecule has 1 amide bonds. The van der Waals surface area contributed by atoms with E-state index in [1.807, 2.05) is 66.9 Å². The minimum Gasteiger partial charge on any atom is -0.385 e. The molecule has 2 aliphatic heterocycles. The first-order chi connectivity index (χ1) is 16.2. The average Bonchev–Trinajstić information content (AvgIpc) is 3.33. The van der Waals surface area contributed by atoms with Crippen molar-refractivity contribution in [3.8, 4) is 17.2 Å². The third kappa shape index (κ3) is 3.45. The van der Waals surface area contributed by atoms with Crippen molar-refractivity contribution in [2.24, 2.45) is 5.92 Å². The number of benzene rings is 2. The largest absolute Gasteiger partial charge is 0.385 e. The maximum atomic E-state index is 13.5. The van der Waals surface area contributed by atoms with Crippen LogP contribution in [0, 0.1) is 22.7 Å². The minimum absolute atomic E-state index is 0.00742. The number of β-amino-alcohol motifs (C(OH)–C–C–N with tert-alkyl or cyclic N) is 1. The summed E-state index contributed by atoms with van der Waals surface area (Å²) in [5.74, 6) is -1.05. The van der Waals surface area contributed by atoms with Gasteiger partial charge in [-0.2, -0.15) is 5.26 Å². The van der Waals surface area contributed by atoms with E-state index >= 15 is 0 Å². The molecule has 5 rings (SSSR count). The number of anilines is 1. The van der Waals surface area contributed by atoms with Crippen molar-refractivity contribution in [2.45, 2.75) is 18.1 Å². The molecule has 2 aliphatic rings. The molecule has 1 aromatic heterocycles. The molecule has 7 nitrogen and oxygen atoms in total. The van der Waals surface area contributed by atoms with Crippen LogP contribution in [0.3, 0.4) is 0 Å². The molecule has 0 aliphatic carbocycles. The predicted molar refractivity (Wildman–Crippen MR) is 133 cm³/mol. The highest BCUT2D eigenvalue weighted by Crippen LogP contribution is 2.47. The van der Waals surface area contributed by atoms with Crippen LogP contribution in [0.5, 0.6) is 0 Å². The highest BCUT2D eigenvalue weighted by atomic mass is 32.1. The Balaban J connectivity index is 1.51. The number of amides is 1. The van der Waals surface area contributed by atoms with Gasteiger partial charge in [0.1, 0.15) is 5.60 Å². The van der Waals surface area contributed by atoms with Crippen molar-refractivity contribution < 1.29 is 9.90 Å². The topological polar surface area (TPSA) is 103 Å². The normalized spacial score (nSPS) is 23.8. The number of hydrogen-bond donors (Lipinski definition) is 3. The summed E-state index contributed by atoms with van der Waals surface area (Å²) in [6, 6.07) is 21.4. The summed E-state index contributed by atoms with van der Waals surface area (Å²) in [4.78, 5) is 17.7. The second-order valence-electron chi connectivity index (χ2n) is 9.19. The number of nitrogens with zero attached hydrogens (tertiary/aromatic N) is 3. The molecule has 0 spiro atoms. The predicted octanol–water partition coefficient (Wildman–Crippen LogP) is 3.37. The molecule has 3 N–H and O–H groups in total. The van der Waals surface area contributed by atoms with E-state index in [4.69, 9.17) is 5.41 Å². The van der Waals surface area contributed by atoms with E-state index in [1.165, 1.54) is 16.2 Å². The van der Waals surface area contributed by atoms with Gasteiger partial charge in [0.25, 0.3) is 0 Å². The van der Waals surface area contributed by atoms with Crippen molar-refractivity contribution in [2.75, 3.05) is 25.0 Å². The van der Waals surface area contributed by atoms with Gasteiger partial charge in [0, 0.05) is 30.7 Å². The number of carbonyl (C=O) groups excluding carboxylic acids is 1. The van der Waals surface area contributed by atoms with Crippen LogP contribution in [-0.4, -0.2) is 47.6 Å². The monoisotopic (exact) mass is 471 g/mol. The molecule has 34 heavy (non-hydrogen) atoms. The Morgan fingerprint density at radius 3 is 2.59 bits per heavy atom. The van der Waals surface area contributed by atoms with Gasteiger partial charge in [0.05, 0.1) is 23.1 Å². The fourth-order valence-electron chi connectivity index (χ4n) is 5.07. The lowest BCUT2D eigenvalue weighted by molar-refractivity contribution is -0.153. The number of hydrogen-bond acceptors (Lipinski definition) is 6. The standard InChI is InChI=1S/C26H25N5O2S/c1-25(21-12-19(14-34-21)18-8-6-7-17(11-18)13-27)22(23(32)30(2)24(28)29-25)26(33)15-31(16-26)20-9-4-3-5-10-20/h3-12,14,22,33H,15-16H2,1-2H3,(H2,28,29)/t22-,25-/m1/s1. The van der Waals surface area contributed by atoms with Gasteiger partial charge in [-0.05, 0) is 53.8 Å². The molecule has 0 saturated carbocycles. The summed E-state index contributed by atoms with van der Waals surface area (Å²) in [6.45, 7) is 2.55. The molecule has 2 fully saturated rings. The second kappa shape index (κ2) is 7.97. The van der Waals surface area contributed by atoms with Gasteiger partial charge >= 0.3 is 0 Å². The lowest BCUT2D eigenvalue weighted by atomic mass is 9.67. The van der Waals surface area contributed by atoms with E-state index < -0.39 is 17.1 Å². The van der Waals surface area contributed by atoms with Gasteiger partial charge in [-0.25, -0.2) is 0 Å². The summed E-state index contributed by atoms with van der Waals surface area (Å²) in [6.07, 6.45) is 0. The van der Waals surface area contributed by atoms with Crippen LogP contribution in [0.2, 0.25) is 0 Å². The van der Waals surface area contributed by atoms with E-state index in [9.17, 15) is 15.2 Å². The zero-order chi connectivity index (χ0) is 24.1. The van der Waals surface area contributed by atoms with Gasteiger partial charge in [-0.3, -0.25) is 15.1 Å². The van der Waals surface area contributed by atoms with Crippen molar-refractivity contribution in [3.05, 3.63) is 76.5 Å². The number of aliphatic hydroxyl groups is 1. The van der Waals surface area contributed by atoms with Crippen LogP contribution in [0.15, 0.2) is 66.0 Å². The minimum atomic E-state index is -1.26. The molecule has 2 saturated heterocycles. The van der Waals surface area contributed by atoms with Crippen molar-refractivity contribution in [1.82, 2.24) is 10.2 Å². The number of guanidine groups is 1. The summed E-state index contributed by atoms with van der Waals surface area (Å²) in [7, 11) is 1.56. The quantitative estimate of drug-likeness (QED) is 0.541. The van der Waals surface area contributed by atoms with Gasteiger partial charge in [-0.15, -0.1) is 11.3 Å². The Morgan fingerprint density at radius 2 is 1.88 bits per heavy atom. The number of thiophene rings is 1. The Kier molecular flexibility index (Phi) is 5.19. The summed E-state index contributed by atoms with van der Waals surface area (Å²) in [5.41, 5.74) is 1.20. The van der Waals surface area contributed by atoms with Crippen LogP contribution in [0.4, 0.5) is 5.69 Å². The molecule has 2 atom stereocenters. The first-order valence-corrected chi connectivity index (χ1v) is 11.9. The van der Waals surface area contributed by atoms with E-state index in [0.717, 1.165) is 21.7 Å². The first kappa shape index (κ1) is 22.1. The van der Waals surface area contributed by atoms with Crippen LogP contribution in [-0.2, 0) is 10.3 Å². The van der Waals surface area contributed by atoms with Crippen LogP contribution in [0.1, 0.15) is 17.4 Å². The molecular weight excluding hydrogens is 446 g/mol. The Labute approximate surface area is 202 Å². The zero-order valence-electron chi connectivity index (χ0n) is 18.9. The number of carbonyl (C=O) groups is 1. The highest BCUT2D eigenvalue weighted by molar-refractivity contribution is 7.10. The Hall–Kier alpha value is -3.67. The van der Waals surface area contributed by atoms with Gasteiger partial charge in [0.2, 0.25) is 5.91 Å². The number of nitrogens with one attached hydrogen (secondary N) is 2. The fourth-order valence-corrected chi connectivity index (χ4v) is 6.14.